The SMILES string of the molecule is CCCCn1c(C#N)cc(N)c1N1C[C@H](C)C[C@@H](C)C1. The lowest BCUT2D eigenvalue weighted by Gasteiger charge is -2.37. The van der Waals surface area contributed by atoms with Gasteiger partial charge in [-0.15, -0.1) is 0 Å². The van der Waals surface area contributed by atoms with Crippen LogP contribution in [-0.2, 0) is 6.54 Å². The molecule has 0 aliphatic carbocycles. The Kier molecular flexibility index (Phi) is 4.59. The fourth-order valence-electron chi connectivity index (χ4n) is 3.38. The number of unbranched alkanes of at least 4 members (excludes halogenated alkanes) is 1. The maximum absolute atomic E-state index is 9.31. The lowest BCUT2D eigenvalue weighted by Crippen LogP contribution is -2.40. The molecule has 0 bridgehead atoms. The largest absolute Gasteiger partial charge is 0.396 e. The van der Waals surface area contributed by atoms with E-state index in [1.54, 1.807) is 0 Å². The molecule has 20 heavy (non-hydrogen) atoms. The molecular formula is C16H26N4. The highest BCUT2D eigenvalue weighted by atomic mass is 15.3. The lowest BCUT2D eigenvalue weighted by molar-refractivity contribution is 0.353. The van der Waals surface area contributed by atoms with E-state index in [4.69, 9.17) is 5.73 Å². The van der Waals surface area contributed by atoms with E-state index in [0.29, 0.717) is 17.5 Å². The van der Waals surface area contributed by atoms with Crippen molar-refractivity contribution in [2.45, 2.75) is 46.6 Å². The molecule has 1 saturated heterocycles. The number of rotatable bonds is 4. The number of piperidine rings is 1. The standard InChI is InChI=1S/C16H26N4/c1-4-5-6-20-14(9-17)8-15(18)16(20)19-10-12(2)7-13(3)11-19/h8,12-13H,4-7,10-11,18H2,1-3H3/t12-,13-/m1/s1. The van der Waals surface area contributed by atoms with E-state index in [1.807, 2.05) is 6.07 Å². The van der Waals surface area contributed by atoms with Crippen LogP contribution in [0.1, 0.15) is 45.7 Å². The molecule has 1 aromatic heterocycles. The minimum atomic E-state index is 0.679. The van der Waals surface area contributed by atoms with Crippen LogP contribution in [0.3, 0.4) is 0 Å². The van der Waals surface area contributed by atoms with Crippen molar-refractivity contribution in [1.82, 2.24) is 4.57 Å². The molecule has 2 heterocycles. The predicted molar refractivity (Wildman–Crippen MR) is 83.6 cm³/mol. The van der Waals surface area contributed by atoms with Gasteiger partial charge in [0.25, 0.3) is 0 Å². The molecule has 2 N–H and O–H groups in total. The normalized spacial score (nSPS) is 22.8. The average molecular weight is 274 g/mol. The van der Waals surface area contributed by atoms with Crippen molar-refractivity contribution in [2.24, 2.45) is 11.8 Å². The van der Waals surface area contributed by atoms with Crippen molar-refractivity contribution < 1.29 is 0 Å². The summed E-state index contributed by atoms with van der Waals surface area (Å²) in [5, 5.41) is 9.31. The monoisotopic (exact) mass is 274 g/mol. The minimum absolute atomic E-state index is 0.679. The molecular weight excluding hydrogens is 248 g/mol. The van der Waals surface area contributed by atoms with Gasteiger partial charge in [0, 0.05) is 19.6 Å². The molecule has 2 atom stereocenters. The summed E-state index contributed by atoms with van der Waals surface area (Å²) in [4.78, 5) is 2.38. The third-order valence-corrected chi connectivity index (χ3v) is 4.12. The molecule has 1 aliphatic rings. The highest BCUT2D eigenvalue weighted by Gasteiger charge is 2.26. The van der Waals surface area contributed by atoms with Gasteiger partial charge in [-0.05, 0) is 30.7 Å². The first kappa shape index (κ1) is 14.8. The summed E-state index contributed by atoms with van der Waals surface area (Å²) >= 11 is 0. The van der Waals surface area contributed by atoms with E-state index in [2.05, 4.69) is 36.3 Å². The summed E-state index contributed by atoms with van der Waals surface area (Å²) in [6.07, 6.45) is 3.47. The quantitative estimate of drug-likeness (QED) is 0.917. The number of hydrogen-bond acceptors (Lipinski definition) is 3. The van der Waals surface area contributed by atoms with Gasteiger partial charge in [0.2, 0.25) is 0 Å². The van der Waals surface area contributed by atoms with Gasteiger partial charge in [-0.25, -0.2) is 0 Å². The zero-order valence-electron chi connectivity index (χ0n) is 12.9. The second-order valence-corrected chi connectivity index (χ2v) is 6.28. The summed E-state index contributed by atoms with van der Waals surface area (Å²) in [7, 11) is 0. The Morgan fingerprint density at radius 3 is 2.55 bits per heavy atom. The molecule has 4 nitrogen and oxygen atoms in total. The first-order valence-electron chi connectivity index (χ1n) is 7.70. The smallest absolute Gasteiger partial charge is 0.133 e. The van der Waals surface area contributed by atoms with Gasteiger partial charge >= 0.3 is 0 Å². The maximum atomic E-state index is 9.31. The van der Waals surface area contributed by atoms with Gasteiger partial charge in [-0.3, -0.25) is 0 Å². The van der Waals surface area contributed by atoms with Crippen molar-refractivity contribution in [3.63, 3.8) is 0 Å². The Hall–Kier alpha value is -1.63. The molecule has 4 heteroatoms. The first-order chi connectivity index (χ1) is 9.56. The minimum Gasteiger partial charge on any atom is -0.396 e. The van der Waals surface area contributed by atoms with Crippen LogP contribution in [0.4, 0.5) is 11.5 Å². The number of aromatic nitrogens is 1. The van der Waals surface area contributed by atoms with E-state index in [1.165, 1.54) is 6.42 Å². The molecule has 1 aliphatic heterocycles. The Morgan fingerprint density at radius 1 is 1.35 bits per heavy atom. The Morgan fingerprint density at radius 2 is 2.00 bits per heavy atom. The van der Waals surface area contributed by atoms with E-state index in [-0.39, 0.29) is 0 Å². The zero-order valence-corrected chi connectivity index (χ0v) is 12.9. The third-order valence-electron chi connectivity index (χ3n) is 4.12. The number of nitrogens with zero attached hydrogens (tertiary/aromatic N) is 3. The molecule has 0 spiro atoms. The van der Waals surface area contributed by atoms with E-state index in [0.717, 1.165) is 44.0 Å². The van der Waals surface area contributed by atoms with Crippen LogP contribution in [0.5, 0.6) is 0 Å². The van der Waals surface area contributed by atoms with Crippen molar-refractivity contribution in [2.75, 3.05) is 23.7 Å². The number of nitrogens with two attached hydrogens (primary N) is 1. The maximum Gasteiger partial charge on any atom is 0.133 e. The van der Waals surface area contributed by atoms with Crippen LogP contribution in [-0.4, -0.2) is 17.7 Å². The van der Waals surface area contributed by atoms with E-state index in [9.17, 15) is 5.26 Å². The van der Waals surface area contributed by atoms with Crippen LogP contribution in [0.25, 0.3) is 0 Å². The molecule has 0 unspecified atom stereocenters. The van der Waals surface area contributed by atoms with Crippen LogP contribution in [0, 0.1) is 23.2 Å². The van der Waals surface area contributed by atoms with Crippen molar-refractivity contribution >= 4 is 11.5 Å². The predicted octanol–water partition coefficient (Wildman–Crippen LogP) is 3.22. The molecule has 1 fully saturated rings. The van der Waals surface area contributed by atoms with Gasteiger partial charge in [0.05, 0.1) is 5.69 Å². The number of anilines is 2. The summed E-state index contributed by atoms with van der Waals surface area (Å²) in [5.41, 5.74) is 7.64. The third kappa shape index (κ3) is 2.92. The zero-order chi connectivity index (χ0) is 14.7. The molecule has 0 aromatic carbocycles. The highest BCUT2D eigenvalue weighted by molar-refractivity contribution is 5.68. The molecule has 0 saturated carbocycles. The topological polar surface area (TPSA) is 58.0 Å². The Bertz CT molecular complexity index is 487. The fraction of sp³-hybridized carbons (Fsp3) is 0.688. The van der Waals surface area contributed by atoms with Crippen molar-refractivity contribution in [3.8, 4) is 6.07 Å². The summed E-state index contributed by atoms with van der Waals surface area (Å²) in [5.74, 6) is 2.42. The molecule has 1 aromatic rings. The molecule has 110 valence electrons. The van der Waals surface area contributed by atoms with Crippen LogP contribution < -0.4 is 10.6 Å². The highest BCUT2D eigenvalue weighted by Crippen LogP contribution is 2.33. The van der Waals surface area contributed by atoms with Gasteiger partial charge in [-0.2, -0.15) is 5.26 Å². The number of nitrogen functional groups attached to an aromatic ring is 1. The second kappa shape index (κ2) is 6.21. The van der Waals surface area contributed by atoms with E-state index >= 15 is 0 Å². The number of hydrogen-bond donors (Lipinski definition) is 1. The van der Waals surface area contributed by atoms with Gasteiger partial charge in [0.1, 0.15) is 17.6 Å². The lowest BCUT2D eigenvalue weighted by atomic mass is 9.92. The van der Waals surface area contributed by atoms with Crippen LogP contribution in [0.15, 0.2) is 6.07 Å². The molecule has 0 amide bonds. The van der Waals surface area contributed by atoms with Gasteiger partial charge < -0.3 is 15.2 Å². The van der Waals surface area contributed by atoms with E-state index < -0.39 is 0 Å². The average Bonchev–Trinajstić information content (AvgIpc) is 2.71. The van der Waals surface area contributed by atoms with Crippen molar-refractivity contribution in [3.05, 3.63) is 11.8 Å². The fourth-order valence-corrected chi connectivity index (χ4v) is 3.38. The first-order valence-corrected chi connectivity index (χ1v) is 7.70. The summed E-state index contributed by atoms with van der Waals surface area (Å²) in [6, 6.07) is 4.11. The number of nitriles is 1. The van der Waals surface area contributed by atoms with Gasteiger partial charge in [0.15, 0.2) is 0 Å². The Labute approximate surface area is 122 Å². The van der Waals surface area contributed by atoms with Crippen LogP contribution >= 0.6 is 0 Å². The second-order valence-electron chi connectivity index (χ2n) is 6.28. The molecule has 2 rings (SSSR count). The Balaban J connectivity index is 2.34. The van der Waals surface area contributed by atoms with Crippen molar-refractivity contribution in [1.29, 1.82) is 5.26 Å². The van der Waals surface area contributed by atoms with Crippen LogP contribution in [0.2, 0.25) is 0 Å². The summed E-state index contributed by atoms with van der Waals surface area (Å²) in [6.45, 7) is 9.71. The summed E-state index contributed by atoms with van der Waals surface area (Å²) < 4.78 is 2.11. The van der Waals surface area contributed by atoms with Gasteiger partial charge in [-0.1, -0.05) is 27.2 Å². The molecule has 0 radical (unpaired) electrons.